The number of nitrogens with zero attached hydrogens (tertiary/aromatic N) is 5. The lowest BCUT2D eigenvalue weighted by Crippen LogP contribution is -2.35. The Labute approximate surface area is 170 Å². The molecule has 1 N–H and O–H groups in total. The smallest absolute Gasteiger partial charge is 0.252 e. The molecule has 0 radical (unpaired) electrons. The van der Waals surface area contributed by atoms with E-state index < -0.39 is 0 Å². The van der Waals surface area contributed by atoms with Crippen LogP contribution >= 0.6 is 0 Å². The molecule has 1 aromatic carbocycles. The molecule has 8 nitrogen and oxygen atoms in total. The second kappa shape index (κ2) is 8.81. The molecule has 3 aromatic rings. The fourth-order valence-electron chi connectivity index (χ4n) is 3.38. The molecule has 0 saturated carbocycles. The molecular formula is C21H26N6O2. The van der Waals surface area contributed by atoms with E-state index in [1.54, 1.807) is 11.6 Å². The zero-order valence-electron chi connectivity index (χ0n) is 17.3. The van der Waals surface area contributed by atoms with Crippen LogP contribution in [0, 0.1) is 13.8 Å². The van der Waals surface area contributed by atoms with Crippen molar-refractivity contribution < 1.29 is 9.59 Å². The lowest BCUT2D eigenvalue weighted by molar-refractivity contribution is -0.133. The largest absolute Gasteiger partial charge is 0.336 e. The zero-order chi connectivity index (χ0) is 21.0. The molecule has 2 amide bonds. The van der Waals surface area contributed by atoms with Crippen molar-refractivity contribution in [1.29, 1.82) is 0 Å². The van der Waals surface area contributed by atoms with Crippen LogP contribution in [0.3, 0.4) is 0 Å². The van der Waals surface area contributed by atoms with E-state index in [4.69, 9.17) is 0 Å². The fraction of sp³-hybridized carbons (Fsp3) is 0.381. The van der Waals surface area contributed by atoms with Gasteiger partial charge in [0.25, 0.3) is 5.78 Å². The summed E-state index contributed by atoms with van der Waals surface area (Å²) in [5, 5.41) is 7.07. The summed E-state index contributed by atoms with van der Waals surface area (Å²) in [5.41, 5.74) is 4.60. The van der Waals surface area contributed by atoms with Crippen LogP contribution in [0.2, 0.25) is 0 Å². The Hall–Kier alpha value is -3.29. The van der Waals surface area contributed by atoms with Crippen molar-refractivity contribution in [2.75, 3.05) is 18.9 Å². The second-order valence-corrected chi connectivity index (χ2v) is 7.04. The number of aryl methyl sites for hydroxylation is 3. The van der Waals surface area contributed by atoms with Gasteiger partial charge in [-0.1, -0.05) is 25.1 Å². The van der Waals surface area contributed by atoms with Crippen LogP contribution in [-0.4, -0.2) is 49.9 Å². The number of fused-ring (bicyclic) bond motifs is 1. The van der Waals surface area contributed by atoms with Crippen molar-refractivity contribution in [3.63, 3.8) is 0 Å². The molecule has 29 heavy (non-hydrogen) atoms. The summed E-state index contributed by atoms with van der Waals surface area (Å²) >= 11 is 0. The van der Waals surface area contributed by atoms with Gasteiger partial charge in [-0.15, -0.1) is 0 Å². The third-order valence-corrected chi connectivity index (χ3v) is 5.06. The number of likely N-dealkylation sites (N-methyl/N-ethyl adjacent to an activating group) is 1. The van der Waals surface area contributed by atoms with Crippen LogP contribution in [0.4, 0.5) is 5.69 Å². The molecule has 3 rings (SSSR count). The highest BCUT2D eigenvalue weighted by Crippen LogP contribution is 2.16. The molecule has 0 aliphatic heterocycles. The van der Waals surface area contributed by atoms with E-state index in [0.29, 0.717) is 18.6 Å². The number of amides is 2. The number of benzene rings is 1. The molecule has 2 heterocycles. The summed E-state index contributed by atoms with van der Waals surface area (Å²) in [4.78, 5) is 34.9. The van der Waals surface area contributed by atoms with E-state index in [0.717, 1.165) is 34.6 Å². The highest BCUT2D eigenvalue weighted by Gasteiger charge is 2.17. The van der Waals surface area contributed by atoms with E-state index in [1.807, 2.05) is 45.0 Å². The summed E-state index contributed by atoms with van der Waals surface area (Å²) in [6.45, 7) is 5.90. The Morgan fingerprint density at radius 2 is 1.97 bits per heavy atom. The van der Waals surface area contributed by atoms with Gasteiger partial charge in [-0.25, -0.2) is 9.50 Å². The first-order valence-electron chi connectivity index (χ1n) is 9.68. The number of hydrogen-bond donors (Lipinski definition) is 1. The Bertz CT molecular complexity index is 1040. The molecule has 0 saturated heterocycles. The minimum atomic E-state index is -0.209. The lowest BCUT2D eigenvalue weighted by atomic mass is 10.1. The van der Waals surface area contributed by atoms with Gasteiger partial charge in [-0.2, -0.15) is 10.1 Å². The van der Waals surface area contributed by atoms with E-state index in [2.05, 4.69) is 20.4 Å². The zero-order valence-corrected chi connectivity index (χ0v) is 17.3. The van der Waals surface area contributed by atoms with Gasteiger partial charge >= 0.3 is 0 Å². The molecule has 0 aliphatic carbocycles. The third kappa shape index (κ3) is 4.59. The quantitative estimate of drug-likeness (QED) is 0.664. The van der Waals surface area contributed by atoms with Crippen molar-refractivity contribution in [1.82, 2.24) is 24.5 Å². The van der Waals surface area contributed by atoms with Gasteiger partial charge in [0, 0.05) is 30.5 Å². The summed E-state index contributed by atoms with van der Waals surface area (Å²) in [6, 6.07) is 7.68. The van der Waals surface area contributed by atoms with Gasteiger partial charge in [0.2, 0.25) is 11.8 Å². The number of carbonyl (C=O) groups is 2. The predicted molar refractivity (Wildman–Crippen MR) is 111 cm³/mol. The summed E-state index contributed by atoms with van der Waals surface area (Å²) in [5.74, 6) is 0.248. The van der Waals surface area contributed by atoms with Crippen LogP contribution < -0.4 is 5.32 Å². The van der Waals surface area contributed by atoms with Crippen molar-refractivity contribution >= 4 is 23.3 Å². The Kier molecular flexibility index (Phi) is 6.21. The Balaban J connectivity index is 1.59. The molecule has 0 fully saturated rings. The van der Waals surface area contributed by atoms with Gasteiger partial charge in [0.1, 0.15) is 6.33 Å². The Morgan fingerprint density at radius 1 is 1.21 bits per heavy atom. The second-order valence-electron chi connectivity index (χ2n) is 7.04. The molecule has 0 atom stereocenters. The van der Waals surface area contributed by atoms with E-state index in [-0.39, 0.29) is 18.4 Å². The van der Waals surface area contributed by atoms with E-state index >= 15 is 0 Å². The average Bonchev–Trinajstić information content (AvgIpc) is 3.16. The maximum atomic E-state index is 12.6. The molecule has 0 spiro atoms. The standard InChI is InChI=1S/C21H26N6O2/c1-5-16-8-6-7-9-18(16)25-19(28)12-26(4)20(29)11-10-17-14(2)24-21-22-13-23-27(21)15(17)3/h6-9,13H,5,10-12H2,1-4H3,(H,25,28). The summed E-state index contributed by atoms with van der Waals surface area (Å²) < 4.78 is 1.68. The highest BCUT2D eigenvalue weighted by atomic mass is 16.2. The first kappa shape index (κ1) is 20.4. The number of hydrogen-bond acceptors (Lipinski definition) is 5. The first-order valence-corrected chi connectivity index (χ1v) is 9.68. The molecule has 8 heteroatoms. The van der Waals surface area contributed by atoms with Gasteiger partial charge in [-0.3, -0.25) is 9.59 Å². The molecule has 0 unspecified atom stereocenters. The molecular weight excluding hydrogens is 368 g/mol. The number of rotatable bonds is 7. The van der Waals surface area contributed by atoms with Crippen LogP contribution in [0.15, 0.2) is 30.6 Å². The van der Waals surface area contributed by atoms with Crippen molar-refractivity contribution in [3.05, 3.63) is 53.1 Å². The number of carbonyl (C=O) groups excluding carboxylic acids is 2. The first-order chi connectivity index (χ1) is 13.9. The number of nitrogens with one attached hydrogen (secondary N) is 1. The molecule has 0 bridgehead atoms. The van der Waals surface area contributed by atoms with Crippen LogP contribution in [0.25, 0.3) is 5.78 Å². The summed E-state index contributed by atoms with van der Waals surface area (Å²) in [7, 11) is 1.65. The fourth-order valence-corrected chi connectivity index (χ4v) is 3.38. The molecule has 0 aliphatic rings. The maximum absolute atomic E-state index is 12.6. The van der Waals surface area contributed by atoms with Crippen molar-refractivity contribution in [2.45, 2.75) is 40.0 Å². The SMILES string of the molecule is CCc1ccccc1NC(=O)CN(C)C(=O)CCc1c(C)nc2ncnn2c1C. The topological polar surface area (TPSA) is 92.5 Å². The number of aromatic nitrogens is 4. The summed E-state index contributed by atoms with van der Waals surface area (Å²) in [6.07, 6.45) is 3.11. The lowest BCUT2D eigenvalue weighted by Gasteiger charge is -2.18. The third-order valence-electron chi connectivity index (χ3n) is 5.06. The van der Waals surface area contributed by atoms with Crippen molar-refractivity contribution in [2.24, 2.45) is 0 Å². The van der Waals surface area contributed by atoms with Gasteiger partial charge in [0.15, 0.2) is 0 Å². The Morgan fingerprint density at radius 3 is 2.72 bits per heavy atom. The van der Waals surface area contributed by atoms with Crippen LogP contribution in [0.1, 0.15) is 35.9 Å². The number of para-hydroxylation sites is 1. The minimum Gasteiger partial charge on any atom is -0.336 e. The molecule has 2 aromatic heterocycles. The van der Waals surface area contributed by atoms with Crippen molar-refractivity contribution in [3.8, 4) is 0 Å². The normalized spacial score (nSPS) is 10.9. The van der Waals surface area contributed by atoms with E-state index in [1.165, 1.54) is 11.2 Å². The molecule has 152 valence electrons. The van der Waals surface area contributed by atoms with Gasteiger partial charge in [0.05, 0.1) is 6.54 Å². The maximum Gasteiger partial charge on any atom is 0.252 e. The van der Waals surface area contributed by atoms with E-state index in [9.17, 15) is 9.59 Å². The highest BCUT2D eigenvalue weighted by molar-refractivity contribution is 5.95. The average molecular weight is 394 g/mol. The minimum absolute atomic E-state index is 0.00913. The number of anilines is 1. The van der Waals surface area contributed by atoms with Gasteiger partial charge < -0.3 is 10.2 Å². The van der Waals surface area contributed by atoms with Gasteiger partial charge in [-0.05, 0) is 43.9 Å². The van der Waals surface area contributed by atoms with Crippen LogP contribution in [0.5, 0.6) is 0 Å². The monoisotopic (exact) mass is 394 g/mol. The predicted octanol–water partition coefficient (Wildman–Crippen LogP) is 2.33. The van der Waals surface area contributed by atoms with Crippen LogP contribution in [-0.2, 0) is 22.4 Å².